The van der Waals surface area contributed by atoms with Gasteiger partial charge < -0.3 is 5.73 Å². The lowest BCUT2D eigenvalue weighted by Crippen LogP contribution is -2.12. The molecule has 0 radical (unpaired) electrons. The molecule has 0 saturated carbocycles. The predicted molar refractivity (Wildman–Crippen MR) is 201 cm³/mol. The molecule has 3 heteroatoms. The smallest absolute Gasteiger partial charge is 0.0474 e. The van der Waals surface area contributed by atoms with Crippen LogP contribution in [0.1, 0.15) is 26.3 Å². The van der Waals surface area contributed by atoms with Crippen molar-refractivity contribution in [2.75, 3.05) is 5.73 Å². The molecule has 0 unspecified atom stereocenters. The van der Waals surface area contributed by atoms with Gasteiger partial charge in [0.15, 0.2) is 0 Å². The molecule has 1 nitrogen and oxygen atoms in total. The van der Waals surface area contributed by atoms with Crippen molar-refractivity contribution in [3.63, 3.8) is 0 Å². The first-order valence-corrected chi connectivity index (χ1v) is 17.1. The lowest BCUT2D eigenvalue weighted by Gasteiger charge is -2.24. The van der Waals surface area contributed by atoms with Gasteiger partial charge in [-0.15, -0.1) is 22.7 Å². The van der Waals surface area contributed by atoms with Gasteiger partial charge in [-0.1, -0.05) is 106 Å². The quantitative estimate of drug-likeness (QED) is 0.193. The molecule has 0 spiro atoms. The van der Waals surface area contributed by atoms with Crippen LogP contribution in [0, 0.1) is 0 Å². The Morgan fingerprint density at radius 1 is 0.422 bits per heavy atom. The lowest BCUT2D eigenvalue weighted by molar-refractivity contribution is 0.591. The maximum atomic E-state index is 7.41. The molecule has 45 heavy (non-hydrogen) atoms. The van der Waals surface area contributed by atoms with E-state index in [9.17, 15) is 0 Å². The number of thiophene rings is 2. The van der Waals surface area contributed by atoms with E-state index in [-0.39, 0.29) is 5.41 Å². The van der Waals surface area contributed by atoms with Crippen molar-refractivity contribution < 1.29 is 0 Å². The van der Waals surface area contributed by atoms with Crippen LogP contribution in [0.15, 0.2) is 121 Å². The molecular weight excluding hydrogens is 583 g/mol. The Hall–Kier alpha value is -4.70. The van der Waals surface area contributed by atoms with Crippen LogP contribution in [0.2, 0.25) is 0 Å². The van der Waals surface area contributed by atoms with Gasteiger partial charge in [0.1, 0.15) is 0 Å². The maximum absolute atomic E-state index is 7.41. The Morgan fingerprint density at radius 3 is 1.22 bits per heavy atom. The molecule has 0 atom stereocenters. The van der Waals surface area contributed by atoms with Crippen LogP contribution in [0.5, 0.6) is 0 Å². The van der Waals surface area contributed by atoms with Crippen LogP contribution in [0.25, 0.3) is 84.1 Å². The minimum atomic E-state index is -0.0683. The molecule has 0 amide bonds. The number of nitrogens with two attached hydrogens (primary N) is 1. The highest BCUT2D eigenvalue weighted by atomic mass is 32.1. The molecular formula is C42H31NS2. The van der Waals surface area contributed by atoms with Crippen molar-refractivity contribution in [3.05, 3.63) is 127 Å². The summed E-state index contributed by atoms with van der Waals surface area (Å²) in [5.41, 5.74) is 14.0. The topological polar surface area (TPSA) is 26.0 Å². The van der Waals surface area contributed by atoms with E-state index < -0.39 is 0 Å². The molecule has 0 aliphatic rings. The minimum absolute atomic E-state index is 0.0683. The molecule has 9 aromatic rings. The summed E-state index contributed by atoms with van der Waals surface area (Å²) in [6, 6.07) is 44.7. The van der Waals surface area contributed by atoms with E-state index in [1.807, 2.05) is 22.7 Å². The number of fused-ring (bicyclic) bond motifs is 10. The first-order valence-electron chi connectivity index (χ1n) is 15.5. The molecule has 0 saturated heterocycles. The standard InChI is InChI=1S/C42H31NS2/c1-42(2,3)24-20-33(31-22-35-27-14-8-10-18-37(27)44-40(35)29-16-6-4-12-25(29)31)39(43)34(21-24)32-23-36-28-15-9-11-19-38(28)45-41(36)30-17-7-5-13-26(30)32/h4-23H,43H2,1-3H3. The second kappa shape index (κ2) is 9.65. The number of benzene rings is 7. The van der Waals surface area contributed by atoms with Crippen molar-refractivity contribution in [3.8, 4) is 22.3 Å². The van der Waals surface area contributed by atoms with E-state index in [1.165, 1.54) is 78.6 Å². The molecule has 2 N–H and O–H groups in total. The monoisotopic (exact) mass is 613 g/mol. The van der Waals surface area contributed by atoms with E-state index >= 15 is 0 Å². The summed E-state index contributed by atoms with van der Waals surface area (Å²) in [4.78, 5) is 0. The summed E-state index contributed by atoms with van der Waals surface area (Å²) < 4.78 is 5.30. The Morgan fingerprint density at radius 2 is 0.800 bits per heavy atom. The second-order valence-electron chi connectivity index (χ2n) is 13.1. The zero-order valence-corrected chi connectivity index (χ0v) is 27.1. The predicted octanol–water partition coefficient (Wildman–Crippen LogP) is 12.9. The fourth-order valence-corrected chi connectivity index (χ4v) is 9.51. The molecule has 2 aromatic heterocycles. The Labute approximate surface area is 270 Å². The van der Waals surface area contributed by atoms with Gasteiger partial charge in [-0.3, -0.25) is 0 Å². The molecule has 0 aliphatic carbocycles. The second-order valence-corrected chi connectivity index (χ2v) is 15.2. The molecule has 0 fully saturated rings. The largest absolute Gasteiger partial charge is 0.398 e. The number of rotatable bonds is 2. The Kier molecular flexibility index (Phi) is 5.72. The van der Waals surface area contributed by atoms with E-state index in [0.29, 0.717) is 0 Å². The number of hydrogen-bond acceptors (Lipinski definition) is 3. The van der Waals surface area contributed by atoms with Crippen LogP contribution in [0.3, 0.4) is 0 Å². The van der Waals surface area contributed by atoms with E-state index in [1.54, 1.807) is 0 Å². The van der Waals surface area contributed by atoms with Gasteiger partial charge in [0, 0.05) is 67.9 Å². The number of nitrogen functional groups attached to an aromatic ring is 1. The van der Waals surface area contributed by atoms with Crippen molar-refractivity contribution in [2.24, 2.45) is 0 Å². The summed E-state index contributed by atoms with van der Waals surface area (Å²) in [6.07, 6.45) is 0. The summed E-state index contributed by atoms with van der Waals surface area (Å²) in [5.74, 6) is 0. The highest BCUT2D eigenvalue weighted by Crippen LogP contribution is 2.49. The van der Waals surface area contributed by atoms with E-state index in [4.69, 9.17) is 5.73 Å². The normalized spacial score (nSPS) is 12.4. The first-order chi connectivity index (χ1) is 21.9. The SMILES string of the molecule is CC(C)(C)c1cc(-c2cc3c4ccccc4sc3c3ccccc23)c(N)c(-c2cc3c4ccccc4sc3c3ccccc23)c1. The average molecular weight is 614 g/mol. The zero-order valence-electron chi connectivity index (χ0n) is 25.4. The number of anilines is 1. The third-order valence-electron chi connectivity index (χ3n) is 9.40. The molecule has 7 aromatic carbocycles. The molecule has 2 heterocycles. The fourth-order valence-electron chi connectivity index (χ4n) is 7.07. The average Bonchev–Trinajstić information content (AvgIpc) is 3.63. The van der Waals surface area contributed by atoms with Gasteiger partial charge in [0.25, 0.3) is 0 Å². The first kappa shape index (κ1) is 26.7. The Bertz CT molecular complexity index is 2470. The maximum Gasteiger partial charge on any atom is 0.0474 e. The summed E-state index contributed by atoms with van der Waals surface area (Å²) in [6.45, 7) is 6.90. The van der Waals surface area contributed by atoms with Crippen LogP contribution >= 0.6 is 22.7 Å². The lowest BCUT2D eigenvalue weighted by atomic mass is 9.81. The van der Waals surface area contributed by atoms with Gasteiger partial charge in [-0.25, -0.2) is 0 Å². The van der Waals surface area contributed by atoms with Gasteiger partial charge in [-0.05, 0) is 69.3 Å². The summed E-state index contributed by atoms with van der Waals surface area (Å²) >= 11 is 3.76. The van der Waals surface area contributed by atoms with Gasteiger partial charge in [-0.2, -0.15) is 0 Å². The fraction of sp³-hybridized carbons (Fsp3) is 0.0952. The van der Waals surface area contributed by atoms with E-state index in [2.05, 4.69) is 142 Å². The minimum Gasteiger partial charge on any atom is -0.398 e. The molecule has 9 rings (SSSR count). The zero-order chi connectivity index (χ0) is 30.4. The van der Waals surface area contributed by atoms with Crippen LogP contribution < -0.4 is 5.73 Å². The molecule has 0 aliphatic heterocycles. The number of hydrogen-bond donors (Lipinski definition) is 1. The van der Waals surface area contributed by atoms with Crippen LogP contribution in [-0.4, -0.2) is 0 Å². The molecule has 216 valence electrons. The highest BCUT2D eigenvalue weighted by Gasteiger charge is 2.23. The molecule has 0 bridgehead atoms. The third kappa shape index (κ3) is 3.97. The van der Waals surface area contributed by atoms with E-state index in [0.717, 1.165) is 16.8 Å². The van der Waals surface area contributed by atoms with Crippen molar-refractivity contribution >= 4 is 90.3 Å². The summed E-state index contributed by atoms with van der Waals surface area (Å²) in [7, 11) is 0. The summed E-state index contributed by atoms with van der Waals surface area (Å²) in [5, 5.41) is 10.2. The van der Waals surface area contributed by atoms with Crippen molar-refractivity contribution in [1.29, 1.82) is 0 Å². The third-order valence-corrected chi connectivity index (χ3v) is 11.8. The Balaban J connectivity index is 1.42. The van der Waals surface area contributed by atoms with Crippen molar-refractivity contribution in [1.82, 2.24) is 0 Å². The van der Waals surface area contributed by atoms with Crippen LogP contribution in [-0.2, 0) is 5.41 Å². The van der Waals surface area contributed by atoms with Crippen molar-refractivity contribution in [2.45, 2.75) is 26.2 Å². The van der Waals surface area contributed by atoms with Gasteiger partial charge >= 0.3 is 0 Å². The van der Waals surface area contributed by atoms with Gasteiger partial charge in [0.05, 0.1) is 0 Å². The highest BCUT2D eigenvalue weighted by molar-refractivity contribution is 7.27. The van der Waals surface area contributed by atoms with Gasteiger partial charge in [0.2, 0.25) is 0 Å². The van der Waals surface area contributed by atoms with Crippen LogP contribution in [0.4, 0.5) is 5.69 Å².